The molecule has 6 heteroatoms. The average Bonchev–Trinajstić information content (AvgIpc) is 3.30. The van der Waals surface area contributed by atoms with Crippen molar-refractivity contribution in [1.29, 1.82) is 0 Å². The first-order valence-electron chi connectivity index (χ1n) is 7.17. The van der Waals surface area contributed by atoms with E-state index in [1.54, 1.807) is 11.1 Å². The SMILES string of the molecule is Cc1ccnc(C(NC(=O)N2CCOCC2)C2CC2)n1. The van der Waals surface area contributed by atoms with E-state index in [2.05, 4.69) is 15.3 Å². The van der Waals surface area contributed by atoms with Crippen LogP contribution in [-0.2, 0) is 4.74 Å². The van der Waals surface area contributed by atoms with E-state index < -0.39 is 0 Å². The average molecular weight is 276 g/mol. The van der Waals surface area contributed by atoms with Crippen molar-refractivity contribution in [2.75, 3.05) is 26.3 Å². The molecule has 1 atom stereocenters. The Morgan fingerprint density at radius 1 is 1.45 bits per heavy atom. The van der Waals surface area contributed by atoms with E-state index in [0.717, 1.165) is 24.4 Å². The molecular weight excluding hydrogens is 256 g/mol. The van der Waals surface area contributed by atoms with Gasteiger partial charge in [-0.05, 0) is 31.7 Å². The number of aromatic nitrogens is 2. The monoisotopic (exact) mass is 276 g/mol. The van der Waals surface area contributed by atoms with Gasteiger partial charge in [0, 0.05) is 25.0 Å². The Morgan fingerprint density at radius 2 is 2.20 bits per heavy atom. The van der Waals surface area contributed by atoms with Crippen LogP contribution in [0.4, 0.5) is 4.79 Å². The molecule has 2 aliphatic rings. The van der Waals surface area contributed by atoms with Gasteiger partial charge in [-0.1, -0.05) is 0 Å². The summed E-state index contributed by atoms with van der Waals surface area (Å²) < 4.78 is 5.27. The number of hydrogen-bond donors (Lipinski definition) is 1. The number of carbonyl (C=O) groups is 1. The van der Waals surface area contributed by atoms with Gasteiger partial charge >= 0.3 is 6.03 Å². The third-order valence-electron chi connectivity index (χ3n) is 3.76. The number of nitrogens with one attached hydrogen (secondary N) is 1. The van der Waals surface area contributed by atoms with E-state index in [-0.39, 0.29) is 12.1 Å². The second-order valence-electron chi connectivity index (χ2n) is 5.42. The lowest BCUT2D eigenvalue weighted by atomic mass is 10.1. The minimum absolute atomic E-state index is 0.0321. The van der Waals surface area contributed by atoms with Gasteiger partial charge in [-0.2, -0.15) is 0 Å². The Hall–Kier alpha value is -1.69. The summed E-state index contributed by atoms with van der Waals surface area (Å²) in [5.74, 6) is 1.20. The van der Waals surface area contributed by atoms with Crippen LogP contribution in [0.25, 0.3) is 0 Å². The van der Waals surface area contributed by atoms with Crippen LogP contribution in [0.3, 0.4) is 0 Å². The number of aryl methyl sites for hydroxylation is 1. The fourth-order valence-corrected chi connectivity index (χ4v) is 2.43. The number of hydrogen-bond acceptors (Lipinski definition) is 4. The topological polar surface area (TPSA) is 67.4 Å². The van der Waals surface area contributed by atoms with Crippen LogP contribution in [0, 0.1) is 12.8 Å². The standard InChI is InChI=1S/C14H20N4O2/c1-10-4-5-15-13(16-10)12(11-2-3-11)17-14(19)18-6-8-20-9-7-18/h4-5,11-12H,2-3,6-9H2,1H3,(H,17,19). The minimum atomic E-state index is -0.0646. The van der Waals surface area contributed by atoms with Crippen LogP contribution in [0.5, 0.6) is 0 Å². The van der Waals surface area contributed by atoms with E-state index >= 15 is 0 Å². The van der Waals surface area contributed by atoms with Gasteiger partial charge in [0.2, 0.25) is 0 Å². The van der Waals surface area contributed by atoms with Gasteiger partial charge in [0.15, 0.2) is 5.82 Å². The molecule has 1 saturated heterocycles. The molecule has 6 nitrogen and oxygen atoms in total. The molecular formula is C14H20N4O2. The lowest BCUT2D eigenvalue weighted by Gasteiger charge is -2.29. The molecule has 108 valence electrons. The summed E-state index contributed by atoms with van der Waals surface area (Å²) in [6, 6.07) is 1.78. The predicted molar refractivity (Wildman–Crippen MR) is 73.2 cm³/mol. The number of morpholine rings is 1. The molecule has 0 spiro atoms. The Bertz CT molecular complexity index is 484. The van der Waals surface area contributed by atoms with Crippen molar-refractivity contribution >= 4 is 6.03 Å². The Balaban J connectivity index is 1.69. The molecule has 1 saturated carbocycles. The Kier molecular flexibility index (Phi) is 3.82. The first kappa shape index (κ1) is 13.3. The van der Waals surface area contributed by atoms with E-state index in [1.807, 2.05) is 13.0 Å². The number of amides is 2. The number of carbonyl (C=O) groups excluding carboxylic acids is 1. The zero-order chi connectivity index (χ0) is 13.9. The molecule has 0 radical (unpaired) electrons. The van der Waals surface area contributed by atoms with Crippen LogP contribution < -0.4 is 5.32 Å². The molecule has 2 amide bonds. The van der Waals surface area contributed by atoms with Gasteiger partial charge in [-0.15, -0.1) is 0 Å². The van der Waals surface area contributed by atoms with E-state index in [1.165, 1.54) is 0 Å². The molecule has 3 rings (SSSR count). The molecule has 1 unspecified atom stereocenters. The Morgan fingerprint density at radius 3 is 2.85 bits per heavy atom. The maximum absolute atomic E-state index is 12.3. The zero-order valence-corrected chi connectivity index (χ0v) is 11.7. The maximum Gasteiger partial charge on any atom is 0.318 e. The number of ether oxygens (including phenoxy) is 1. The third kappa shape index (κ3) is 3.07. The minimum Gasteiger partial charge on any atom is -0.378 e. The molecule has 20 heavy (non-hydrogen) atoms. The summed E-state index contributed by atoms with van der Waals surface area (Å²) in [6.07, 6.45) is 4.02. The molecule has 1 aromatic heterocycles. The van der Waals surface area contributed by atoms with Gasteiger partial charge in [-0.25, -0.2) is 14.8 Å². The molecule has 1 N–H and O–H groups in total. The zero-order valence-electron chi connectivity index (χ0n) is 11.7. The van der Waals surface area contributed by atoms with Crippen molar-refractivity contribution < 1.29 is 9.53 Å². The van der Waals surface area contributed by atoms with E-state index in [0.29, 0.717) is 32.2 Å². The summed E-state index contributed by atoms with van der Waals surface area (Å²) in [6.45, 7) is 4.47. The summed E-state index contributed by atoms with van der Waals surface area (Å²) in [7, 11) is 0. The summed E-state index contributed by atoms with van der Waals surface area (Å²) in [4.78, 5) is 22.9. The molecule has 0 aromatic carbocycles. The number of nitrogens with zero attached hydrogens (tertiary/aromatic N) is 3. The predicted octanol–water partition coefficient (Wildman–Crippen LogP) is 1.28. The highest BCUT2D eigenvalue weighted by molar-refractivity contribution is 5.74. The van der Waals surface area contributed by atoms with Crippen LogP contribution in [0.15, 0.2) is 12.3 Å². The van der Waals surface area contributed by atoms with Crippen molar-refractivity contribution in [1.82, 2.24) is 20.2 Å². The van der Waals surface area contributed by atoms with Crippen molar-refractivity contribution in [2.45, 2.75) is 25.8 Å². The van der Waals surface area contributed by atoms with Gasteiger partial charge in [-0.3, -0.25) is 0 Å². The largest absolute Gasteiger partial charge is 0.378 e. The molecule has 0 bridgehead atoms. The van der Waals surface area contributed by atoms with E-state index in [9.17, 15) is 4.79 Å². The quantitative estimate of drug-likeness (QED) is 0.903. The fourth-order valence-electron chi connectivity index (χ4n) is 2.43. The van der Waals surface area contributed by atoms with Crippen LogP contribution in [0.1, 0.15) is 30.4 Å². The summed E-state index contributed by atoms with van der Waals surface area (Å²) in [5, 5.41) is 3.10. The highest BCUT2D eigenvalue weighted by Crippen LogP contribution is 2.40. The smallest absolute Gasteiger partial charge is 0.318 e. The van der Waals surface area contributed by atoms with Crippen LogP contribution in [0.2, 0.25) is 0 Å². The van der Waals surface area contributed by atoms with Gasteiger partial charge in [0.1, 0.15) is 0 Å². The van der Waals surface area contributed by atoms with Crippen LogP contribution >= 0.6 is 0 Å². The lowest BCUT2D eigenvalue weighted by Crippen LogP contribution is -2.47. The summed E-state index contributed by atoms with van der Waals surface area (Å²) >= 11 is 0. The van der Waals surface area contributed by atoms with Crippen molar-refractivity contribution in [3.05, 3.63) is 23.8 Å². The number of urea groups is 1. The molecule has 1 aliphatic heterocycles. The number of rotatable bonds is 3. The molecule has 2 heterocycles. The van der Waals surface area contributed by atoms with Crippen molar-refractivity contribution in [3.63, 3.8) is 0 Å². The Labute approximate surface area is 118 Å². The first-order valence-corrected chi connectivity index (χ1v) is 7.17. The molecule has 1 aromatic rings. The van der Waals surface area contributed by atoms with E-state index in [4.69, 9.17) is 4.74 Å². The third-order valence-corrected chi connectivity index (χ3v) is 3.76. The second-order valence-corrected chi connectivity index (χ2v) is 5.42. The van der Waals surface area contributed by atoms with Gasteiger partial charge < -0.3 is 15.0 Å². The van der Waals surface area contributed by atoms with Gasteiger partial charge in [0.25, 0.3) is 0 Å². The normalized spacial score (nSPS) is 20.6. The summed E-state index contributed by atoms with van der Waals surface area (Å²) in [5.41, 5.74) is 0.932. The van der Waals surface area contributed by atoms with Gasteiger partial charge in [0.05, 0.1) is 19.3 Å². The van der Waals surface area contributed by atoms with Crippen molar-refractivity contribution in [2.24, 2.45) is 5.92 Å². The highest BCUT2D eigenvalue weighted by atomic mass is 16.5. The highest BCUT2D eigenvalue weighted by Gasteiger charge is 2.36. The first-order chi connectivity index (χ1) is 9.74. The lowest BCUT2D eigenvalue weighted by molar-refractivity contribution is 0.0522. The second kappa shape index (κ2) is 5.75. The van der Waals surface area contributed by atoms with Crippen LogP contribution in [-0.4, -0.2) is 47.2 Å². The maximum atomic E-state index is 12.3. The molecule has 2 fully saturated rings. The van der Waals surface area contributed by atoms with Crippen molar-refractivity contribution in [3.8, 4) is 0 Å². The fraction of sp³-hybridized carbons (Fsp3) is 0.643. The molecule has 1 aliphatic carbocycles.